The molecule has 0 unspecified atom stereocenters. The lowest BCUT2D eigenvalue weighted by atomic mass is 10.1. The maximum Gasteiger partial charge on any atom is 0.250 e. The Labute approximate surface area is 227 Å². The van der Waals surface area contributed by atoms with Gasteiger partial charge < -0.3 is 20.9 Å². The quantitative estimate of drug-likeness (QED) is 0.228. The summed E-state index contributed by atoms with van der Waals surface area (Å²) in [5.41, 5.74) is 7.66. The summed E-state index contributed by atoms with van der Waals surface area (Å²) in [6, 6.07) is 25.8. The molecule has 0 radical (unpaired) electrons. The largest absolute Gasteiger partial charge is 0.489 e. The first-order chi connectivity index (χ1) is 18.7. The number of carbonyl (C=O) groups is 1. The topological polar surface area (TPSA) is 119 Å². The van der Waals surface area contributed by atoms with E-state index in [1.54, 1.807) is 24.3 Å². The van der Waals surface area contributed by atoms with Crippen LogP contribution in [0.5, 0.6) is 5.75 Å². The van der Waals surface area contributed by atoms with Gasteiger partial charge in [0.15, 0.2) is 0 Å². The number of amides is 1. The zero-order valence-corrected chi connectivity index (χ0v) is 21.9. The highest BCUT2D eigenvalue weighted by molar-refractivity contribution is 7.91. The van der Waals surface area contributed by atoms with E-state index < -0.39 is 27.7 Å². The molecule has 4 aromatic carbocycles. The summed E-state index contributed by atoms with van der Waals surface area (Å²) >= 11 is 0. The van der Waals surface area contributed by atoms with Gasteiger partial charge in [0.05, 0.1) is 21.5 Å². The van der Waals surface area contributed by atoms with Crippen molar-refractivity contribution in [1.82, 2.24) is 5.32 Å². The van der Waals surface area contributed by atoms with E-state index in [2.05, 4.69) is 5.32 Å². The smallest absolute Gasteiger partial charge is 0.250 e. The van der Waals surface area contributed by atoms with Gasteiger partial charge in [-0.1, -0.05) is 54.6 Å². The molecule has 0 aliphatic rings. The second-order valence-corrected chi connectivity index (χ2v) is 10.9. The summed E-state index contributed by atoms with van der Waals surface area (Å²) in [5, 5.41) is 13.3. The van der Waals surface area contributed by atoms with Crippen molar-refractivity contribution in [3.05, 3.63) is 125 Å². The van der Waals surface area contributed by atoms with Gasteiger partial charge in [0, 0.05) is 6.54 Å². The first-order valence-electron chi connectivity index (χ1n) is 12.3. The fourth-order valence-corrected chi connectivity index (χ4v) is 5.48. The van der Waals surface area contributed by atoms with Crippen LogP contribution in [0, 0.1) is 5.82 Å². The maximum atomic E-state index is 13.3. The summed E-state index contributed by atoms with van der Waals surface area (Å²) in [5.74, 6) is -0.948. The minimum atomic E-state index is -4.02. The number of nitrogens with two attached hydrogens (primary N) is 1. The van der Waals surface area contributed by atoms with Gasteiger partial charge in [-0.3, -0.25) is 4.79 Å². The molecule has 1 amide bonds. The molecule has 1 atom stereocenters. The van der Waals surface area contributed by atoms with Crippen molar-refractivity contribution in [3.63, 3.8) is 0 Å². The number of hydrogen-bond donors (Lipinski definition) is 3. The van der Waals surface area contributed by atoms with Crippen molar-refractivity contribution in [1.29, 1.82) is 0 Å². The number of primary amides is 1. The molecule has 0 aliphatic heterocycles. The average molecular weight is 549 g/mol. The van der Waals surface area contributed by atoms with E-state index in [0.29, 0.717) is 24.3 Å². The summed E-state index contributed by atoms with van der Waals surface area (Å²) in [4.78, 5) is 12.0. The Morgan fingerprint density at radius 3 is 2.36 bits per heavy atom. The molecule has 4 N–H and O–H groups in total. The molecule has 0 saturated carbocycles. The van der Waals surface area contributed by atoms with Gasteiger partial charge in [-0.2, -0.15) is 0 Å². The minimum absolute atomic E-state index is 0.0289. The summed E-state index contributed by atoms with van der Waals surface area (Å²) in [7, 11) is -4.02. The van der Waals surface area contributed by atoms with Crippen LogP contribution in [0.15, 0.2) is 107 Å². The van der Waals surface area contributed by atoms with Gasteiger partial charge >= 0.3 is 0 Å². The van der Waals surface area contributed by atoms with Gasteiger partial charge in [-0.25, -0.2) is 12.8 Å². The number of ether oxygens (including phenoxy) is 1. The molecule has 0 aliphatic carbocycles. The van der Waals surface area contributed by atoms with Crippen LogP contribution in [0.2, 0.25) is 0 Å². The van der Waals surface area contributed by atoms with E-state index >= 15 is 0 Å². The predicted octanol–water partition coefficient (Wildman–Crippen LogP) is 4.20. The number of aliphatic hydroxyl groups is 1. The van der Waals surface area contributed by atoms with Gasteiger partial charge in [0.2, 0.25) is 15.7 Å². The van der Waals surface area contributed by atoms with Crippen LogP contribution in [0.1, 0.15) is 33.2 Å². The number of hydrogen-bond acceptors (Lipinski definition) is 6. The van der Waals surface area contributed by atoms with E-state index in [1.807, 2.05) is 30.3 Å². The van der Waals surface area contributed by atoms with E-state index in [0.717, 1.165) is 11.1 Å². The van der Waals surface area contributed by atoms with E-state index in [-0.39, 0.29) is 28.5 Å². The Hall–Kier alpha value is -4.05. The molecule has 0 heterocycles. The third kappa shape index (κ3) is 7.29. The molecule has 7 nitrogen and oxygen atoms in total. The minimum Gasteiger partial charge on any atom is -0.489 e. The normalized spacial score (nSPS) is 12.2. The molecule has 202 valence electrons. The molecule has 0 spiro atoms. The van der Waals surface area contributed by atoms with Crippen molar-refractivity contribution < 1.29 is 27.4 Å². The Morgan fingerprint density at radius 2 is 1.67 bits per heavy atom. The Bertz CT molecular complexity index is 1530. The first kappa shape index (κ1) is 28.0. The van der Waals surface area contributed by atoms with Crippen LogP contribution in [-0.4, -0.2) is 32.5 Å². The lowest BCUT2D eigenvalue weighted by Gasteiger charge is -2.13. The predicted molar refractivity (Wildman–Crippen MR) is 146 cm³/mol. The molecule has 0 fully saturated rings. The van der Waals surface area contributed by atoms with Crippen molar-refractivity contribution in [2.24, 2.45) is 5.73 Å². The number of aliphatic hydroxyl groups excluding tert-OH is 1. The van der Waals surface area contributed by atoms with Gasteiger partial charge in [0.25, 0.3) is 0 Å². The zero-order chi connectivity index (χ0) is 27.8. The van der Waals surface area contributed by atoms with Crippen molar-refractivity contribution in [2.75, 3.05) is 13.1 Å². The number of rotatable bonds is 12. The van der Waals surface area contributed by atoms with Crippen LogP contribution >= 0.6 is 0 Å². The zero-order valence-electron chi connectivity index (χ0n) is 21.1. The fraction of sp³-hybridized carbons (Fsp3) is 0.167. The molecule has 0 bridgehead atoms. The first-order valence-corrected chi connectivity index (χ1v) is 13.8. The molecule has 4 aromatic rings. The standard InChI is InChI=1S/C30H29FN2O5S/c31-24-8-4-7-23(17-24)28(34)19-33-16-15-21-9-12-26(13-10-21)39(36,37)29-14-11-25(18-27(29)30(32)35)38-20-22-5-2-1-3-6-22/h1-14,17-18,28,33-34H,15-16,19-20H2,(H2,32,35)/t28-/m1/s1. The number of carbonyl (C=O) groups excluding carboxylic acids is 1. The number of halogens is 1. The lowest BCUT2D eigenvalue weighted by molar-refractivity contribution is 0.0996. The average Bonchev–Trinajstić information content (AvgIpc) is 2.94. The van der Waals surface area contributed by atoms with E-state index in [9.17, 15) is 22.7 Å². The number of nitrogens with one attached hydrogen (secondary N) is 1. The lowest BCUT2D eigenvalue weighted by Crippen LogP contribution is -2.23. The highest BCUT2D eigenvalue weighted by Crippen LogP contribution is 2.28. The molecular weight excluding hydrogens is 519 g/mol. The highest BCUT2D eigenvalue weighted by Gasteiger charge is 2.24. The van der Waals surface area contributed by atoms with Gasteiger partial charge in [-0.15, -0.1) is 0 Å². The van der Waals surface area contributed by atoms with Crippen LogP contribution in [0.4, 0.5) is 4.39 Å². The van der Waals surface area contributed by atoms with Gasteiger partial charge in [-0.05, 0) is 72.1 Å². The summed E-state index contributed by atoms with van der Waals surface area (Å²) in [6.07, 6.45) is -0.265. The molecule has 0 aromatic heterocycles. The third-order valence-corrected chi connectivity index (χ3v) is 7.98. The van der Waals surface area contributed by atoms with Crippen LogP contribution in [-0.2, 0) is 22.9 Å². The Morgan fingerprint density at radius 1 is 0.923 bits per heavy atom. The number of sulfone groups is 1. The fourth-order valence-electron chi connectivity index (χ4n) is 4.03. The van der Waals surface area contributed by atoms with Crippen molar-refractivity contribution >= 4 is 15.7 Å². The van der Waals surface area contributed by atoms with Crippen LogP contribution in [0.3, 0.4) is 0 Å². The highest BCUT2D eigenvalue weighted by atomic mass is 32.2. The Kier molecular flexibility index (Phi) is 9.08. The van der Waals surface area contributed by atoms with E-state index in [4.69, 9.17) is 10.5 Å². The summed E-state index contributed by atoms with van der Waals surface area (Å²) in [6.45, 7) is 1.02. The monoisotopic (exact) mass is 548 g/mol. The van der Waals surface area contributed by atoms with Crippen molar-refractivity contribution in [2.45, 2.75) is 28.9 Å². The second-order valence-electron chi connectivity index (χ2n) is 8.97. The van der Waals surface area contributed by atoms with Gasteiger partial charge in [0.1, 0.15) is 18.2 Å². The molecule has 4 rings (SSSR count). The van der Waals surface area contributed by atoms with E-state index in [1.165, 1.54) is 42.5 Å². The van der Waals surface area contributed by atoms with Crippen molar-refractivity contribution in [3.8, 4) is 5.75 Å². The second kappa shape index (κ2) is 12.7. The van der Waals surface area contributed by atoms with Crippen LogP contribution < -0.4 is 15.8 Å². The third-order valence-electron chi connectivity index (χ3n) is 6.15. The number of benzene rings is 4. The van der Waals surface area contributed by atoms with Crippen LogP contribution in [0.25, 0.3) is 0 Å². The molecular formula is C30H29FN2O5S. The molecule has 9 heteroatoms. The molecule has 0 saturated heterocycles. The maximum absolute atomic E-state index is 13.3. The summed E-state index contributed by atoms with van der Waals surface area (Å²) < 4.78 is 45.7. The SMILES string of the molecule is NC(=O)c1cc(OCc2ccccc2)ccc1S(=O)(=O)c1ccc(CCNC[C@@H](O)c2cccc(F)c2)cc1. The Balaban J connectivity index is 1.39. The molecule has 39 heavy (non-hydrogen) atoms.